The van der Waals surface area contributed by atoms with E-state index in [1.165, 1.54) is 24.5 Å². The number of fused-ring (bicyclic) bond motifs is 4. The van der Waals surface area contributed by atoms with E-state index in [-0.39, 0.29) is 5.02 Å². The summed E-state index contributed by atoms with van der Waals surface area (Å²) in [6.45, 7) is 4.99. The normalized spacial score (nSPS) is 10.4. The molecule has 0 unspecified atom stereocenters. The summed E-state index contributed by atoms with van der Waals surface area (Å²) in [5.41, 5.74) is 22.4. The largest absolute Gasteiger partial charge is 0.399 e. The van der Waals surface area contributed by atoms with E-state index in [1.54, 1.807) is 79.1 Å². The van der Waals surface area contributed by atoms with Crippen molar-refractivity contribution in [3.63, 3.8) is 0 Å². The molecule has 0 atom stereocenters. The van der Waals surface area contributed by atoms with E-state index in [9.17, 15) is 4.39 Å². The van der Waals surface area contributed by atoms with Crippen molar-refractivity contribution in [2.24, 2.45) is 0 Å². The van der Waals surface area contributed by atoms with Crippen molar-refractivity contribution in [2.75, 3.05) is 106 Å². The van der Waals surface area contributed by atoms with Crippen LogP contribution in [0.1, 0.15) is 27.8 Å². The average Bonchev–Trinajstić information content (AvgIpc) is 0.809. The smallest absolute Gasteiger partial charge is 0.162 e. The van der Waals surface area contributed by atoms with Gasteiger partial charge in [-0.3, -0.25) is 0 Å². The van der Waals surface area contributed by atoms with Crippen LogP contribution >= 0.6 is 11.6 Å². The topological polar surface area (TPSA) is 422 Å². The van der Waals surface area contributed by atoms with Crippen LogP contribution < -0.4 is 54.0 Å². The minimum Gasteiger partial charge on any atom is -0.399 e. The highest BCUT2D eigenvalue weighted by Crippen LogP contribution is 2.31. The molecule has 576 valence electrons. The monoisotopic (exact) mass is 1570 g/mol. The van der Waals surface area contributed by atoms with E-state index in [1.807, 2.05) is 164 Å². The lowest BCUT2D eigenvalue weighted by atomic mass is 10.1. The first-order valence-electron chi connectivity index (χ1n) is 37.0. The molecule has 8 aromatic carbocycles. The van der Waals surface area contributed by atoms with Crippen LogP contribution in [-0.2, 0) is 0 Å². The molecule has 8 aromatic heterocycles. The molecule has 0 radical (unpaired) electrons. The zero-order valence-electron chi connectivity index (χ0n) is 63.0. The molecule has 0 bridgehead atoms. The number of nitrogens with one attached hydrogen (secondary N) is 8. The van der Waals surface area contributed by atoms with Gasteiger partial charge in [0.1, 0.15) is 76.6 Å². The predicted molar refractivity (Wildman–Crippen MR) is 462 cm³/mol. The second kappa shape index (κ2) is 39.5. The molecule has 29 heteroatoms. The van der Waals surface area contributed by atoms with E-state index in [0.717, 1.165) is 89.4 Å². The number of benzene rings is 8. The molecular formula is C89H71ClFN27. The van der Waals surface area contributed by atoms with E-state index in [4.69, 9.17) is 64.3 Å². The summed E-state index contributed by atoms with van der Waals surface area (Å²) in [5.74, 6) is 7.64. The molecule has 0 aliphatic carbocycles. The number of nitrogens with two attached hydrogens (primary N) is 2. The van der Waals surface area contributed by atoms with Gasteiger partial charge in [-0.1, -0.05) is 72.3 Å². The van der Waals surface area contributed by atoms with Gasteiger partial charge in [-0.15, -0.1) is 0 Å². The third-order valence-electron chi connectivity index (χ3n) is 17.6. The highest BCUT2D eigenvalue weighted by molar-refractivity contribution is 6.31. The van der Waals surface area contributed by atoms with Crippen LogP contribution in [-0.4, -0.2) is 112 Å². The lowest BCUT2D eigenvalue weighted by Gasteiger charge is -2.12. The summed E-state index contributed by atoms with van der Waals surface area (Å²) < 4.78 is 13.5. The van der Waals surface area contributed by atoms with Crippen molar-refractivity contribution in [2.45, 2.75) is 0 Å². The standard InChI is InChI=1S/C23H17N7.C22H16ClFN6.2C22H19N7/c24-13-16-5-8-18(9-6-16)22-29-20-4-2-1-3-19(20)23(30-22)27-12-11-26-21-10-7-17(14-25)15-28-21;23-17-11-15(6-7-18(17)24)21-29-19-4-2-1-3-16(19)22(30-21)27-10-9-26-20-8-5-14(12-25)13-28-20;23-13-15-8-9-20(27-14-15)25-10-11-26-22-18-6-1-2-7-19(18)28-21(29-22)16-4-3-5-17(24)12-16;23-13-15-5-10-20(27-14-15)25-11-12-26-22-18-3-1-2-4-19(18)28-21(29-22)16-6-8-17(24)9-7-16/h1-10,15H,11-12H2,(H,26,28)(H,27,29,30);1-8,11,13H,9-10H2,(H,26,28)(H,27,29,30);1-9,12,14H,10-11,24H2,(H,25,27)(H,26,28,29);1-10,14H,11-12,24H2,(H,25,27)(H,26,28,29). The Kier molecular flexibility index (Phi) is 26.6. The van der Waals surface area contributed by atoms with Gasteiger partial charge in [0.2, 0.25) is 0 Å². The Morgan fingerprint density at radius 1 is 0.280 bits per heavy atom. The van der Waals surface area contributed by atoms with Crippen LogP contribution in [0.15, 0.2) is 261 Å². The maximum atomic E-state index is 13.5. The van der Waals surface area contributed by atoms with Gasteiger partial charge in [-0.25, -0.2) is 64.2 Å². The van der Waals surface area contributed by atoms with E-state index in [2.05, 4.69) is 112 Å². The third kappa shape index (κ3) is 21.3. The van der Waals surface area contributed by atoms with Crippen LogP contribution in [0.25, 0.3) is 89.2 Å². The molecule has 16 rings (SSSR count). The Morgan fingerprint density at radius 2 is 0.568 bits per heavy atom. The maximum absolute atomic E-state index is 13.5. The summed E-state index contributed by atoms with van der Waals surface area (Å²) in [6.07, 6.45) is 6.16. The van der Waals surface area contributed by atoms with Gasteiger partial charge in [0.25, 0.3) is 0 Å². The number of anilines is 10. The Labute approximate surface area is 682 Å². The summed E-state index contributed by atoms with van der Waals surface area (Å²) in [4.78, 5) is 54.2. The molecule has 8 heterocycles. The number of hydrogen-bond donors (Lipinski definition) is 10. The molecule has 0 saturated carbocycles. The molecule has 12 N–H and O–H groups in total. The zero-order chi connectivity index (χ0) is 81.8. The van der Waals surface area contributed by atoms with E-state index >= 15 is 0 Å². The van der Waals surface area contributed by atoms with E-state index < -0.39 is 5.82 Å². The first-order chi connectivity index (χ1) is 57.8. The van der Waals surface area contributed by atoms with Crippen molar-refractivity contribution in [1.82, 2.24) is 59.8 Å². The summed E-state index contributed by atoms with van der Waals surface area (Å²) in [7, 11) is 0. The second-order valence-corrected chi connectivity index (χ2v) is 26.2. The second-order valence-electron chi connectivity index (χ2n) is 25.8. The first kappa shape index (κ1) is 79.5. The molecule has 0 aliphatic heterocycles. The highest BCUT2D eigenvalue weighted by atomic mass is 35.5. The summed E-state index contributed by atoms with van der Waals surface area (Å²) >= 11 is 5.92. The zero-order valence-corrected chi connectivity index (χ0v) is 63.8. The van der Waals surface area contributed by atoms with Crippen molar-refractivity contribution in [3.8, 4) is 75.9 Å². The minimum absolute atomic E-state index is 0.0258. The lowest BCUT2D eigenvalue weighted by Crippen LogP contribution is -2.15. The van der Waals surface area contributed by atoms with Crippen molar-refractivity contribution in [1.29, 1.82) is 26.3 Å². The fourth-order valence-corrected chi connectivity index (χ4v) is 11.9. The number of nitriles is 5. The van der Waals surface area contributed by atoms with Crippen molar-refractivity contribution in [3.05, 3.63) is 300 Å². The van der Waals surface area contributed by atoms with Crippen LogP contribution in [0.5, 0.6) is 0 Å². The van der Waals surface area contributed by atoms with Gasteiger partial charge in [-0.05, 0) is 176 Å². The Hall–Kier alpha value is -16.6. The summed E-state index contributed by atoms with van der Waals surface area (Å²) in [5, 5.41) is 74.4. The average molecular weight is 1570 g/mol. The SMILES string of the molecule is N#Cc1ccc(-c2nc(NCCNc3ccc(C#N)cn3)c3ccccc3n2)cc1.N#Cc1ccc(NCCNc2nc(-c3ccc(F)c(Cl)c3)nc3ccccc23)nc1.N#Cc1ccc(NCCNc2nc(-c3ccc(N)cc3)nc3ccccc23)nc1.N#Cc1ccc(NCCNc2nc(-c3cccc(N)c3)nc3ccccc23)nc1. The minimum atomic E-state index is -0.484. The molecule has 0 fully saturated rings. The van der Waals surface area contributed by atoms with Crippen LogP contribution in [0.4, 0.5) is 62.3 Å². The van der Waals surface area contributed by atoms with Crippen LogP contribution in [0.2, 0.25) is 5.02 Å². The van der Waals surface area contributed by atoms with Gasteiger partial charge < -0.3 is 54.0 Å². The molecule has 118 heavy (non-hydrogen) atoms. The Morgan fingerprint density at radius 3 is 0.873 bits per heavy atom. The number of rotatable bonds is 24. The van der Waals surface area contributed by atoms with E-state index in [0.29, 0.717) is 138 Å². The van der Waals surface area contributed by atoms with Gasteiger partial charge in [-0.2, -0.15) is 26.3 Å². The van der Waals surface area contributed by atoms with Gasteiger partial charge in [0.15, 0.2) is 23.3 Å². The quantitative estimate of drug-likeness (QED) is 0.0198. The maximum Gasteiger partial charge on any atom is 0.162 e. The predicted octanol–water partition coefficient (Wildman–Crippen LogP) is 16.2. The number of aromatic nitrogens is 12. The number of hydrogen-bond acceptors (Lipinski definition) is 27. The molecule has 0 spiro atoms. The first-order valence-corrected chi connectivity index (χ1v) is 37.3. The molecule has 16 aromatic rings. The van der Waals surface area contributed by atoms with Gasteiger partial charge >= 0.3 is 0 Å². The highest BCUT2D eigenvalue weighted by Gasteiger charge is 2.16. The van der Waals surface area contributed by atoms with Crippen LogP contribution in [0, 0.1) is 62.5 Å². The van der Waals surface area contributed by atoms with Gasteiger partial charge in [0.05, 0.1) is 61.0 Å². The molecule has 0 aliphatic rings. The van der Waals surface area contributed by atoms with Gasteiger partial charge in [0, 0.05) is 132 Å². The van der Waals surface area contributed by atoms with Crippen LogP contribution in [0.3, 0.4) is 0 Å². The number of nitrogen functional groups attached to an aromatic ring is 2. The van der Waals surface area contributed by atoms with Crippen molar-refractivity contribution >= 4 is 113 Å². The number of halogens is 2. The molecule has 0 amide bonds. The number of nitrogens with zero attached hydrogens (tertiary/aromatic N) is 17. The Balaban J connectivity index is 0.000000136. The molecule has 27 nitrogen and oxygen atoms in total. The lowest BCUT2D eigenvalue weighted by molar-refractivity contribution is 0.628. The van der Waals surface area contributed by atoms with Crippen molar-refractivity contribution < 1.29 is 4.39 Å². The molecular weight excluding hydrogens is 1500 g/mol. The molecule has 0 saturated heterocycles. The summed E-state index contributed by atoms with van der Waals surface area (Å²) in [6, 6.07) is 82.4. The third-order valence-corrected chi connectivity index (χ3v) is 17.9. The number of para-hydroxylation sites is 4. The fraction of sp³-hybridized carbons (Fsp3) is 0.0899. The number of pyridine rings is 4. The Bertz CT molecular complexity index is 6390. The fourth-order valence-electron chi connectivity index (χ4n) is 11.7.